The van der Waals surface area contributed by atoms with Crippen molar-refractivity contribution >= 4 is 5.78 Å². The minimum atomic E-state index is -0.583. The highest BCUT2D eigenvalue weighted by Gasteiger charge is 2.07. The van der Waals surface area contributed by atoms with Gasteiger partial charge in [-0.25, -0.2) is 0 Å². The summed E-state index contributed by atoms with van der Waals surface area (Å²) in [6.45, 7) is 1.76. The molecular formula is C5H8N2O. The fraction of sp³-hybridized carbons (Fsp3) is 0.600. The minimum Gasteiger partial charge on any atom is -0.321 e. The van der Waals surface area contributed by atoms with Crippen molar-refractivity contribution in [2.24, 2.45) is 5.73 Å². The van der Waals surface area contributed by atoms with E-state index in [9.17, 15) is 4.79 Å². The molecule has 0 saturated carbocycles. The summed E-state index contributed by atoms with van der Waals surface area (Å²) in [6, 6.07) is 0.868. The van der Waals surface area contributed by atoms with Crippen LogP contribution in [0, 0.1) is 11.3 Å². The van der Waals surface area contributed by atoms with E-state index < -0.39 is 11.8 Å². The monoisotopic (exact) mass is 112 g/mol. The lowest BCUT2D eigenvalue weighted by Gasteiger charge is -1.96. The summed E-state index contributed by atoms with van der Waals surface area (Å²) in [6.07, 6.45) is 0.534. The largest absolute Gasteiger partial charge is 0.321 e. The molecule has 0 rings (SSSR count). The standard InChI is InChI=1S/C5H8N2O/c1-2-4(7)5(8)3-6/h4H,2,7H2,1H3/t4-/m0/s1. The van der Waals surface area contributed by atoms with E-state index in [1.54, 1.807) is 6.92 Å². The van der Waals surface area contributed by atoms with Crippen LogP contribution in [0.4, 0.5) is 0 Å². The van der Waals surface area contributed by atoms with Crippen molar-refractivity contribution in [3.8, 4) is 6.07 Å². The predicted octanol–water partition coefficient (Wildman–Crippen LogP) is -0.184. The molecule has 3 nitrogen and oxygen atoms in total. The lowest BCUT2D eigenvalue weighted by molar-refractivity contribution is -0.115. The third-order valence-electron chi connectivity index (χ3n) is 0.887. The van der Waals surface area contributed by atoms with Crippen molar-refractivity contribution < 1.29 is 4.79 Å². The molecule has 8 heavy (non-hydrogen) atoms. The number of hydrogen-bond acceptors (Lipinski definition) is 3. The van der Waals surface area contributed by atoms with Gasteiger partial charge in [0.15, 0.2) is 0 Å². The molecule has 0 aromatic rings. The summed E-state index contributed by atoms with van der Waals surface area (Å²) < 4.78 is 0. The van der Waals surface area contributed by atoms with Crippen LogP contribution >= 0.6 is 0 Å². The lowest BCUT2D eigenvalue weighted by Crippen LogP contribution is -2.27. The minimum absolute atomic E-state index is 0.534. The molecule has 0 radical (unpaired) electrons. The molecular weight excluding hydrogens is 104 g/mol. The highest BCUT2D eigenvalue weighted by molar-refractivity contribution is 5.97. The average molecular weight is 112 g/mol. The fourth-order valence-corrected chi connectivity index (χ4v) is 0.268. The van der Waals surface area contributed by atoms with Crippen LogP contribution < -0.4 is 5.73 Å². The Kier molecular flexibility index (Phi) is 2.82. The highest BCUT2D eigenvalue weighted by atomic mass is 16.1. The first-order chi connectivity index (χ1) is 3.72. The van der Waals surface area contributed by atoms with Gasteiger partial charge in [0.1, 0.15) is 6.07 Å². The van der Waals surface area contributed by atoms with E-state index in [2.05, 4.69) is 0 Å². The summed E-state index contributed by atoms with van der Waals surface area (Å²) in [5.74, 6) is -0.535. The zero-order valence-corrected chi connectivity index (χ0v) is 4.72. The number of nitrogens with two attached hydrogens (primary N) is 1. The smallest absolute Gasteiger partial charge is 0.248 e. The summed E-state index contributed by atoms with van der Waals surface area (Å²) in [7, 11) is 0. The van der Waals surface area contributed by atoms with Gasteiger partial charge in [0, 0.05) is 0 Å². The van der Waals surface area contributed by atoms with Gasteiger partial charge in [0.25, 0.3) is 0 Å². The Balaban J connectivity index is 3.68. The van der Waals surface area contributed by atoms with E-state index in [1.165, 1.54) is 6.07 Å². The number of nitriles is 1. The summed E-state index contributed by atoms with van der Waals surface area (Å²) in [5.41, 5.74) is 5.15. The van der Waals surface area contributed by atoms with E-state index in [1.807, 2.05) is 0 Å². The second kappa shape index (κ2) is 3.16. The number of nitrogens with zero attached hydrogens (tertiary/aromatic N) is 1. The van der Waals surface area contributed by atoms with Gasteiger partial charge in [-0.2, -0.15) is 5.26 Å². The Hall–Kier alpha value is -0.880. The topological polar surface area (TPSA) is 66.9 Å². The average Bonchev–Trinajstić information content (AvgIpc) is 1.84. The molecule has 0 fully saturated rings. The Labute approximate surface area is 48.1 Å². The van der Waals surface area contributed by atoms with Crippen molar-refractivity contribution in [2.45, 2.75) is 19.4 Å². The van der Waals surface area contributed by atoms with Crippen molar-refractivity contribution in [3.63, 3.8) is 0 Å². The number of carbonyl (C=O) groups is 1. The number of Topliss-reactive ketones (excluding diaryl/α,β-unsaturated/α-hetero) is 1. The molecule has 0 aromatic heterocycles. The Bertz CT molecular complexity index is 125. The first-order valence-corrected chi connectivity index (χ1v) is 2.42. The fourth-order valence-electron chi connectivity index (χ4n) is 0.268. The first-order valence-electron chi connectivity index (χ1n) is 2.42. The molecule has 2 N–H and O–H groups in total. The van der Waals surface area contributed by atoms with E-state index in [-0.39, 0.29) is 0 Å². The maximum absolute atomic E-state index is 10.3. The Morgan fingerprint density at radius 2 is 2.50 bits per heavy atom. The van der Waals surface area contributed by atoms with Gasteiger partial charge >= 0.3 is 0 Å². The van der Waals surface area contributed by atoms with Crippen molar-refractivity contribution in [1.82, 2.24) is 0 Å². The van der Waals surface area contributed by atoms with Crippen LogP contribution in [0.15, 0.2) is 0 Å². The first kappa shape index (κ1) is 7.12. The zero-order valence-electron chi connectivity index (χ0n) is 4.72. The van der Waals surface area contributed by atoms with E-state index in [0.717, 1.165) is 0 Å². The van der Waals surface area contributed by atoms with Crippen LogP contribution in [0.1, 0.15) is 13.3 Å². The van der Waals surface area contributed by atoms with E-state index >= 15 is 0 Å². The number of rotatable bonds is 2. The molecule has 0 spiro atoms. The summed E-state index contributed by atoms with van der Waals surface area (Å²) in [5, 5.41) is 7.96. The third-order valence-corrected chi connectivity index (χ3v) is 0.887. The maximum Gasteiger partial charge on any atom is 0.248 e. The molecule has 0 heterocycles. The normalized spacial score (nSPS) is 12.1. The molecule has 44 valence electrons. The van der Waals surface area contributed by atoms with Crippen LogP contribution in [0.3, 0.4) is 0 Å². The molecule has 3 heteroatoms. The predicted molar refractivity (Wildman–Crippen MR) is 28.9 cm³/mol. The third kappa shape index (κ3) is 1.71. The van der Waals surface area contributed by atoms with Gasteiger partial charge in [-0.05, 0) is 6.42 Å². The molecule has 0 aliphatic rings. The molecule has 0 saturated heterocycles. The van der Waals surface area contributed by atoms with Crippen molar-refractivity contribution in [2.75, 3.05) is 0 Å². The van der Waals surface area contributed by atoms with Gasteiger partial charge in [-0.1, -0.05) is 6.92 Å². The molecule has 0 amide bonds. The van der Waals surface area contributed by atoms with E-state index in [0.29, 0.717) is 6.42 Å². The van der Waals surface area contributed by atoms with Crippen molar-refractivity contribution in [1.29, 1.82) is 5.26 Å². The van der Waals surface area contributed by atoms with Crippen LogP contribution in [-0.4, -0.2) is 11.8 Å². The van der Waals surface area contributed by atoms with Crippen LogP contribution in [0.25, 0.3) is 0 Å². The Morgan fingerprint density at radius 1 is 2.00 bits per heavy atom. The maximum atomic E-state index is 10.3. The molecule has 0 aliphatic carbocycles. The quantitative estimate of drug-likeness (QED) is 0.504. The van der Waals surface area contributed by atoms with Gasteiger partial charge in [0.05, 0.1) is 6.04 Å². The van der Waals surface area contributed by atoms with Gasteiger partial charge in [-0.3, -0.25) is 4.79 Å². The van der Waals surface area contributed by atoms with Crippen molar-refractivity contribution in [3.05, 3.63) is 0 Å². The molecule has 0 aromatic carbocycles. The number of hydrogen-bond donors (Lipinski definition) is 1. The van der Waals surface area contributed by atoms with Gasteiger partial charge < -0.3 is 5.73 Å². The zero-order chi connectivity index (χ0) is 6.57. The van der Waals surface area contributed by atoms with E-state index in [4.69, 9.17) is 11.0 Å². The van der Waals surface area contributed by atoms with Gasteiger partial charge in [-0.15, -0.1) is 0 Å². The van der Waals surface area contributed by atoms with Crippen LogP contribution in [0.2, 0.25) is 0 Å². The molecule has 0 aliphatic heterocycles. The molecule has 1 atom stereocenters. The second-order valence-electron chi connectivity index (χ2n) is 1.49. The molecule has 0 bridgehead atoms. The van der Waals surface area contributed by atoms with Crippen LogP contribution in [0.5, 0.6) is 0 Å². The number of ketones is 1. The second-order valence-corrected chi connectivity index (χ2v) is 1.49. The summed E-state index contributed by atoms with van der Waals surface area (Å²) >= 11 is 0. The SMILES string of the molecule is CC[C@H](N)C(=O)C#N. The highest BCUT2D eigenvalue weighted by Crippen LogP contribution is 1.84. The lowest BCUT2D eigenvalue weighted by atomic mass is 10.2. The van der Waals surface area contributed by atoms with Crippen LogP contribution in [-0.2, 0) is 4.79 Å². The molecule has 0 unspecified atom stereocenters. The Morgan fingerprint density at radius 3 is 2.62 bits per heavy atom. The summed E-state index contributed by atoms with van der Waals surface area (Å²) in [4.78, 5) is 10.3. The number of carbonyl (C=O) groups excluding carboxylic acids is 1. The van der Waals surface area contributed by atoms with Gasteiger partial charge in [0.2, 0.25) is 5.78 Å².